The normalized spacial score (nSPS) is 18.1. The number of carbonyl (C=O) groups is 1. The molecule has 0 unspecified atom stereocenters. The van der Waals surface area contributed by atoms with E-state index in [0.29, 0.717) is 26.8 Å². The summed E-state index contributed by atoms with van der Waals surface area (Å²) in [4.78, 5) is 23.4. The smallest absolute Gasteiger partial charge is 0.267 e. The molecule has 3 rings (SSSR count). The van der Waals surface area contributed by atoms with Gasteiger partial charge in [-0.25, -0.2) is 4.98 Å². The summed E-state index contributed by atoms with van der Waals surface area (Å²) in [7, 11) is 0. The number of carbonyl (C=O) groups excluding carboxylic acids is 1. The first-order valence-corrected chi connectivity index (χ1v) is 8.81. The molecule has 2 aromatic rings. The van der Waals surface area contributed by atoms with Gasteiger partial charge in [0.2, 0.25) is 5.13 Å². The minimum absolute atomic E-state index is 0.0832. The molecule has 2 heterocycles. The Morgan fingerprint density at radius 1 is 1.35 bits per heavy atom. The van der Waals surface area contributed by atoms with E-state index >= 15 is 0 Å². The van der Waals surface area contributed by atoms with E-state index in [9.17, 15) is 4.79 Å². The van der Waals surface area contributed by atoms with Crippen LogP contribution in [0.4, 0.5) is 5.13 Å². The van der Waals surface area contributed by atoms with Crippen molar-refractivity contribution in [3.63, 3.8) is 0 Å². The van der Waals surface area contributed by atoms with Crippen LogP contribution in [0.1, 0.15) is 5.56 Å². The Labute approximate surface area is 147 Å². The molecule has 116 valence electrons. The Morgan fingerprint density at radius 3 is 2.78 bits per heavy atom. The third-order valence-corrected chi connectivity index (χ3v) is 4.90. The summed E-state index contributed by atoms with van der Waals surface area (Å²) in [6, 6.07) is 7.34. The molecule has 0 spiro atoms. The number of hydrogen-bond acceptors (Lipinski definition) is 5. The van der Waals surface area contributed by atoms with Crippen LogP contribution in [0.2, 0.25) is 5.02 Å². The maximum absolute atomic E-state index is 12.6. The molecule has 4 nitrogen and oxygen atoms in total. The first-order chi connectivity index (χ1) is 11.2. The van der Waals surface area contributed by atoms with Crippen LogP contribution in [-0.2, 0) is 4.79 Å². The predicted octanol–water partition coefficient (Wildman–Crippen LogP) is 4.59. The molecule has 1 amide bonds. The van der Waals surface area contributed by atoms with Gasteiger partial charge in [0.05, 0.1) is 4.91 Å². The van der Waals surface area contributed by atoms with Gasteiger partial charge in [-0.1, -0.05) is 29.8 Å². The minimum atomic E-state index is -0.0832. The van der Waals surface area contributed by atoms with Crippen LogP contribution in [0.5, 0.6) is 0 Å². The molecule has 1 aromatic heterocycles. The summed E-state index contributed by atoms with van der Waals surface area (Å²) in [6.45, 7) is 4.11. The Balaban J connectivity index is 1.92. The second kappa shape index (κ2) is 7.12. The highest BCUT2D eigenvalue weighted by Gasteiger charge is 2.32. The first-order valence-electron chi connectivity index (χ1n) is 6.73. The van der Waals surface area contributed by atoms with E-state index in [1.807, 2.05) is 23.6 Å². The summed E-state index contributed by atoms with van der Waals surface area (Å²) in [5.74, 6) is -0.0832. The fourth-order valence-corrected chi connectivity index (χ4v) is 3.62. The Kier molecular flexibility index (Phi) is 4.95. The highest BCUT2D eigenvalue weighted by molar-refractivity contribution is 8.18. The maximum Gasteiger partial charge on any atom is 0.267 e. The topological polar surface area (TPSA) is 45.6 Å². The molecule has 1 aromatic carbocycles. The van der Waals surface area contributed by atoms with Gasteiger partial charge in [0.15, 0.2) is 5.17 Å². The fourth-order valence-electron chi connectivity index (χ4n) is 1.94. The number of halogens is 1. The second-order valence-electron chi connectivity index (χ2n) is 4.58. The van der Waals surface area contributed by atoms with Gasteiger partial charge >= 0.3 is 0 Å². The summed E-state index contributed by atoms with van der Waals surface area (Å²) in [5.41, 5.74) is 0.916. The first kappa shape index (κ1) is 16.0. The molecule has 1 aliphatic heterocycles. The Bertz CT molecular complexity index is 782. The van der Waals surface area contributed by atoms with Crippen molar-refractivity contribution in [1.82, 2.24) is 9.88 Å². The molecule has 23 heavy (non-hydrogen) atoms. The molecule has 0 aliphatic carbocycles. The number of aromatic nitrogens is 1. The SMILES string of the molecule is C=CCN1C(=O)/C(=C/c2ccc(Cl)cc2)S/C1=N\c1nccs1. The lowest BCUT2D eigenvalue weighted by Gasteiger charge is -2.11. The third kappa shape index (κ3) is 3.72. The van der Waals surface area contributed by atoms with Gasteiger partial charge in [-0.15, -0.1) is 17.9 Å². The van der Waals surface area contributed by atoms with Crippen molar-refractivity contribution in [2.75, 3.05) is 6.54 Å². The van der Waals surface area contributed by atoms with Gasteiger partial charge in [0.25, 0.3) is 5.91 Å². The van der Waals surface area contributed by atoms with Gasteiger partial charge in [0, 0.05) is 23.1 Å². The lowest BCUT2D eigenvalue weighted by atomic mass is 10.2. The molecule has 1 aliphatic rings. The number of rotatable bonds is 4. The monoisotopic (exact) mass is 361 g/mol. The van der Waals surface area contributed by atoms with E-state index in [2.05, 4.69) is 16.6 Å². The van der Waals surface area contributed by atoms with E-state index in [-0.39, 0.29) is 5.91 Å². The van der Waals surface area contributed by atoms with Crippen LogP contribution >= 0.6 is 34.7 Å². The maximum atomic E-state index is 12.6. The van der Waals surface area contributed by atoms with E-state index in [0.717, 1.165) is 5.56 Å². The molecule has 0 saturated carbocycles. The zero-order chi connectivity index (χ0) is 16.2. The van der Waals surface area contributed by atoms with Gasteiger partial charge in [-0.05, 0) is 35.5 Å². The average molecular weight is 362 g/mol. The van der Waals surface area contributed by atoms with Crippen molar-refractivity contribution in [3.8, 4) is 0 Å². The van der Waals surface area contributed by atoms with Crippen molar-refractivity contribution < 1.29 is 4.79 Å². The number of thioether (sulfide) groups is 1. The number of hydrogen-bond donors (Lipinski definition) is 0. The van der Waals surface area contributed by atoms with Crippen molar-refractivity contribution in [2.45, 2.75) is 0 Å². The third-order valence-electron chi connectivity index (χ3n) is 2.98. The van der Waals surface area contributed by atoms with Gasteiger partial charge < -0.3 is 0 Å². The van der Waals surface area contributed by atoms with Crippen molar-refractivity contribution in [2.24, 2.45) is 4.99 Å². The van der Waals surface area contributed by atoms with Crippen LogP contribution in [0, 0.1) is 0 Å². The van der Waals surface area contributed by atoms with Crippen LogP contribution in [0.3, 0.4) is 0 Å². The number of amidine groups is 1. The minimum Gasteiger partial charge on any atom is -0.282 e. The van der Waals surface area contributed by atoms with Crippen LogP contribution < -0.4 is 0 Å². The Hall–Kier alpha value is -1.89. The molecule has 0 N–H and O–H groups in total. The van der Waals surface area contributed by atoms with Crippen molar-refractivity contribution >= 4 is 57.0 Å². The molecule has 0 bridgehead atoms. The standard InChI is InChI=1S/C16H12ClN3OS2/c1-2-8-20-14(21)13(10-11-3-5-12(17)6-4-11)23-16(20)19-15-18-7-9-22-15/h2-7,9-10H,1,8H2/b13-10-,19-16-. The highest BCUT2D eigenvalue weighted by Crippen LogP contribution is 2.34. The molecular formula is C16H12ClN3OS2. The van der Waals surface area contributed by atoms with Gasteiger partial charge in [-0.2, -0.15) is 4.99 Å². The van der Waals surface area contributed by atoms with Crippen LogP contribution in [0.15, 0.2) is 58.4 Å². The zero-order valence-corrected chi connectivity index (χ0v) is 14.4. The van der Waals surface area contributed by atoms with Crippen molar-refractivity contribution in [3.05, 3.63) is 64.0 Å². The van der Waals surface area contributed by atoms with Crippen LogP contribution in [-0.4, -0.2) is 27.5 Å². The fraction of sp³-hybridized carbons (Fsp3) is 0.0625. The number of thiazole rings is 1. The number of benzene rings is 1. The summed E-state index contributed by atoms with van der Waals surface area (Å²) >= 11 is 8.65. The molecule has 1 saturated heterocycles. The lowest BCUT2D eigenvalue weighted by molar-refractivity contribution is -0.121. The quantitative estimate of drug-likeness (QED) is 0.591. The van der Waals surface area contributed by atoms with Crippen LogP contribution in [0.25, 0.3) is 6.08 Å². The molecule has 0 atom stereocenters. The molecule has 7 heteroatoms. The molecule has 1 fully saturated rings. The largest absolute Gasteiger partial charge is 0.282 e. The number of aliphatic imine (C=N–C) groups is 1. The molecule has 0 radical (unpaired) electrons. The van der Waals surface area contributed by atoms with E-state index in [4.69, 9.17) is 11.6 Å². The van der Waals surface area contributed by atoms with Gasteiger partial charge in [-0.3, -0.25) is 9.69 Å². The predicted molar refractivity (Wildman–Crippen MR) is 98.1 cm³/mol. The number of nitrogens with zero attached hydrogens (tertiary/aromatic N) is 3. The van der Waals surface area contributed by atoms with Gasteiger partial charge in [0.1, 0.15) is 0 Å². The Morgan fingerprint density at radius 2 is 2.13 bits per heavy atom. The molecular weight excluding hydrogens is 350 g/mol. The number of amides is 1. The van der Waals surface area contributed by atoms with Crippen molar-refractivity contribution in [1.29, 1.82) is 0 Å². The van der Waals surface area contributed by atoms with E-state index in [1.54, 1.807) is 29.3 Å². The lowest BCUT2D eigenvalue weighted by Crippen LogP contribution is -2.29. The summed E-state index contributed by atoms with van der Waals surface area (Å²) < 4.78 is 0. The summed E-state index contributed by atoms with van der Waals surface area (Å²) in [5, 5.41) is 3.76. The highest BCUT2D eigenvalue weighted by atomic mass is 35.5. The second-order valence-corrected chi connectivity index (χ2v) is 6.89. The zero-order valence-electron chi connectivity index (χ0n) is 12.0. The summed E-state index contributed by atoms with van der Waals surface area (Å²) in [6.07, 6.45) is 5.21. The average Bonchev–Trinajstić information content (AvgIpc) is 3.14. The van der Waals surface area contributed by atoms with E-state index < -0.39 is 0 Å². The van der Waals surface area contributed by atoms with E-state index in [1.165, 1.54) is 23.1 Å².